The summed E-state index contributed by atoms with van der Waals surface area (Å²) in [5.41, 5.74) is 0.0131. The molecule has 3 heterocycles. The van der Waals surface area contributed by atoms with Crippen molar-refractivity contribution in [2.45, 2.75) is 19.6 Å². The van der Waals surface area contributed by atoms with Crippen LogP contribution in [0.25, 0.3) is 32.9 Å². The van der Waals surface area contributed by atoms with Gasteiger partial charge >= 0.3 is 11.8 Å². The third-order valence-electron chi connectivity index (χ3n) is 5.52. The second-order valence-electron chi connectivity index (χ2n) is 7.31. The molecule has 3 aromatic heterocycles. The molecular formula is C23H14F4N2O2. The first kappa shape index (κ1) is 19.3. The fraction of sp³-hybridized carbons (Fsp3) is 0.130. The summed E-state index contributed by atoms with van der Waals surface area (Å²) >= 11 is 0. The average molecular weight is 426 g/mol. The lowest BCUT2D eigenvalue weighted by Gasteiger charge is -2.11. The molecule has 156 valence electrons. The monoisotopic (exact) mass is 426 g/mol. The number of alkyl halides is 3. The minimum Gasteiger partial charge on any atom is -0.402 e. The fourth-order valence-electron chi connectivity index (χ4n) is 3.97. The number of hydrogen-bond acceptors (Lipinski definition) is 3. The normalized spacial score (nSPS) is 12.3. The molecule has 0 N–H and O–H groups in total. The summed E-state index contributed by atoms with van der Waals surface area (Å²) in [6, 6.07) is 11.2. The van der Waals surface area contributed by atoms with Crippen molar-refractivity contribution in [3.8, 4) is 0 Å². The van der Waals surface area contributed by atoms with Gasteiger partial charge in [-0.2, -0.15) is 13.2 Å². The highest BCUT2D eigenvalue weighted by atomic mass is 19.4. The molecule has 0 amide bonds. The second kappa shape index (κ2) is 6.66. The lowest BCUT2D eigenvalue weighted by atomic mass is 10.1. The van der Waals surface area contributed by atoms with Crippen molar-refractivity contribution in [1.82, 2.24) is 9.55 Å². The quantitative estimate of drug-likeness (QED) is 0.335. The van der Waals surface area contributed by atoms with Crippen molar-refractivity contribution in [2.75, 3.05) is 0 Å². The van der Waals surface area contributed by atoms with Gasteiger partial charge in [-0.05, 0) is 54.4 Å². The molecule has 0 radical (unpaired) electrons. The lowest BCUT2D eigenvalue weighted by Crippen LogP contribution is -2.10. The van der Waals surface area contributed by atoms with Gasteiger partial charge in [0.05, 0.1) is 5.56 Å². The minimum absolute atomic E-state index is 0.0402. The first-order chi connectivity index (χ1) is 14.8. The maximum atomic E-state index is 14.1. The number of pyridine rings is 1. The number of nitrogens with zero attached hydrogens (tertiary/aromatic N) is 2. The Labute approximate surface area is 172 Å². The summed E-state index contributed by atoms with van der Waals surface area (Å²) in [6.45, 7) is 1.70. The Kier molecular flexibility index (Phi) is 4.15. The molecule has 31 heavy (non-hydrogen) atoms. The van der Waals surface area contributed by atoms with E-state index < -0.39 is 23.2 Å². The second-order valence-corrected chi connectivity index (χ2v) is 7.31. The van der Waals surface area contributed by atoms with Gasteiger partial charge in [0.1, 0.15) is 11.3 Å². The molecule has 0 spiro atoms. The van der Waals surface area contributed by atoms with Gasteiger partial charge in [-0.3, -0.25) is 0 Å². The Morgan fingerprint density at radius 3 is 2.65 bits per heavy atom. The summed E-state index contributed by atoms with van der Waals surface area (Å²) in [6.07, 6.45) is -3.11. The molecule has 0 saturated carbocycles. The van der Waals surface area contributed by atoms with Crippen LogP contribution < -0.4 is 5.63 Å². The molecule has 0 aliphatic heterocycles. The first-order valence-electron chi connectivity index (χ1n) is 9.40. The summed E-state index contributed by atoms with van der Waals surface area (Å²) in [5.74, 6) is -0.403. The molecule has 0 aliphatic carbocycles. The van der Waals surface area contributed by atoms with E-state index in [4.69, 9.17) is 4.42 Å². The Morgan fingerprint density at radius 2 is 1.87 bits per heavy atom. The topological polar surface area (TPSA) is 48.0 Å². The zero-order chi connectivity index (χ0) is 21.9. The molecule has 5 rings (SSSR count). The van der Waals surface area contributed by atoms with Gasteiger partial charge in [0.2, 0.25) is 5.71 Å². The molecule has 0 aliphatic rings. The number of hydrogen-bond donors (Lipinski definition) is 0. The summed E-state index contributed by atoms with van der Waals surface area (Å²) < 4.78 is 61.3. The van der Waals surface area contributed by atoms with E-state index in [1.807, 2.05) is 0 Å². The number of halogens is 4. The van der Waals surface area contributed by atoms with E-state index in [9.17, 15) is 22.4 Å². The summed E-state index contributed by atoms with van der Waals surface area (Å²) in [5, 5.41) is 1.01. The molecule has 8 heteroatoms. The lowest BCUT2D eigenvalue weighted by molar-refractivity contribution is -0.137. The molecule has 4 nitrogen and oxygen atoms in total. The van der Waals surface area contributed by atoms with E-state index in [-0.39, 0.29) is 23.2 Å². The molecule has 0 fully saturated rings. The van der Waals surface area contributed by atoms with Crippen molar-refractivity contribution in [3.63, 3.8) is 0 Å². The van der Waals surface area contributed by atoms with E-state index in [1.54, 1.807) is 35.8 Å². The van der Waals surface area contributed by atoms with E-state index in [1.165, 1.54) is 18.3 Å². The maximum absolute atomic E-state index is 14.1. The SMILES string of the molecule is Cc1c(F)cccc1Cn1c2ccc(C(F)(F)F)cc2c2c3cccnc3oc(=O)c21. The first-order valence-corrected chi connectivity index (χ1v) is 9.40. The van der Waals surface area contributed by atoms with Crippen molar-refractivity contribution in [2.24, 2.45) is 0 Å². The smallest absolute Gasteiger partial charge is 0.402 e. The van der Waals surface area contributed by atoms with E-state index in [0.717, 1.165) is 12.1 Å². The van der Waals surface area contributed by atoms with Crippen LogP contribution in [0.2, 0.25) is 0 Å². The molecular weight excluding hydrogens is 412 g/mol. The zero-order valence-corrected chi connectivity index (χ0v) is 16.1. The largest absolute Gasteiger partial charge is 0.416 e. The number of aromatic nitrogens is 2. The Hall–Kier alpha value is -3.68. The Bertz CT molecular complexity index is 1550. The van der Waals surface area contributed by atoms with Crippen molar-refractivity contribution in [3.05, 3.63) is 87.7 Å². The Balaban J connectivity index is 1.93. The van der Waals surface area contributed by atoms with Gasteiger partial charge in [-0.1, -0.05) is 12.1 Å². The number of fused-ring (bicyclic) bond motifs is 5. The summed E-state index contributed by atoms with van der Waals surface area (Å²) in [4.78, 5) is 16.9. The maximum Gasteiger partial charge on any atom is 0.416 e. The highest BCUT2D eigenvalue weighted by Gasteiger charge is 2.31. The van der Waals surface area contributed by atoms with Crippen LogP contribution in [0.15, 0.2) is 63.9 Å². The van der Waals surface area contributed by atoms with E-state index >= 15 is 0 Å². The van der Waals surface area contributed by atoms with Crippen molar-refractivity contribution in [1.29, 1.82) is 0 Å². The van der Waals surface area contributed by atoms with Gasteiger partial charge in [0, 0.05) is 34.4 Å². The van der Waals surface area contributed by atoms with Crippen molar-refractivity contribution < 1.29 is 22.0 Å². The summed E-state index contributed by atoms with van der Waals surface area (Å²) in [7, 11) is 0. The molecule has 2 aromatic carbocycles. The predicted octanol–water partition coefficient (Wildman–Crippen LogP) is 5.81. The Morgan fingerprint density at radius 1 is 1.06 bits per heavy atom. The molecule has 0 atom stereocenters. The molecule has 0 bridgehead atoms. The third-order valence-corrected chi connectivity index (χ3v) is 5.52. The average Bonchev–Trinajstić information content (AvgIpc) is 3.05. The molecule has 0 unspecified atom stereocenters. The minimum atomic E-state index is -4.55. The van der Waals surface area contributed by atoms with Crippen LogP contribution in [0.3, 0.4) is 0 Å². The third kappa shape index (κ3) is 2.98. The van der Waals surface area contributed by atoms with E-state index in [2.05, 4.69) is 4.98 Å². The predicted molar refractivity (Wildman–Crippen MR) is 109 cm³/mol. The van der Waals surface area contributed by atoms with Crippen LogP contribution in [-0.4, -0.2) is 9.55 Å². The number of benzene rings is 2. The van der Waals surface area contributed by atoms with Crippen LogP contribution in [0.1, 0.15) is 16.7 Å². The van der Waals surface area contributed by atoms with Gasteiger partial charge in [0.25, 0.3) is 0 Å². The number of rotatable bonds is 2. The van der Waals surface area contributed by atoms with E-state index in [0.29, 0.717) is 27.4 Å². The van der Waals surface area contributed by atoms with Gasteiger partial charge in [0.15, 0.2) is 0 Å². The van der Waals surface area contributed by atoms with Gasteiger partial charge < -0.3 is 8.98 Å². The fourth-order valence-corrected chi connectivity index (χ4v) is 3.97. The zero-order valence-electron chi connectivity index (χ0n) is 16.1. The standard InChI is InChI=1S/C23H14F4N2O2/c1-12-13(4-2-6-17(12)24)11-29-18-8-7-14(23(25,26)27)10-16(18)19-15-5-3-9-28-21(15)31-22(30)20(19)29/h2-10H,11H2,1H3. The molecule has 5 aromatic rings. The van der Waals surface area contributed by atoms with Gasteiger partial charge in [-0.15, -0.1) is 0 Å². The molecule has 0 saturated heterocycles. The van der Waals surface area contributed by atoms with Crippen LogP contribution in [-0.2, 0) is 12.7 Å². The highest BCUT2D eigenvalue weighted by molar-refractivity contribution is 6.18. The van der Waals surface area contributed by atoms with Crippen molar-refractivity contribution >= 4 is 32.9 Å². The highest BCUT2D eigenvalue weighted by Crippen LogP contribution is 2.37. The van der Waals surface area contributed by atoms with Crippen LogP contribution in [0.4, 0.5) is 17.6 Å². The van der Waals surface area contributed by atoms with Crippen LogP contribution in [0.5, 0.6) is 0 Å². The van der Waals surface area contributed by atoms with Crippen LogP contribution >= 0.6 is 0 Å². The van der Waals surface area contributed by atoms with Gasteiger partial charge in [-0.25, -0.2) is 14.2 Å². The van der Waals surface area contributed by atoms with Crippen LogP contribution in [0, 0.1) is 12.7 Å².